The van der Waals surface area contributed by atoms with Crippen molar-refractivity contribution in [3.05, 3.63) is 0 Å². The van der Waals surface area contributed by atoms with Crippen LogP contribution in [0.15, 0.2) is 25.1 Å². The summed E-state index contributed by atoms with van der Waals surface area (Å²) in [6.07, 6.45) is 4.17. The van der Waals surface area contributed by atoms with E-state index in [0.29, 0.717) is 11.5 Å². The van der Waals surface area contributed by atoms with E-state index in [9.17, 15) is 4.79 Å². The minimum absolute atomic E-state index is 0.383. The Morgan fingerprint density at radius 1 is 1.53 bits per heavy atom. The predicted molar refractivity (Wildman–Crippen MR) is 56.9 cm³/mol. The van der Waals surface area contributed by atoms with Crippen LogP contribution in [-0.2, 0) is 0 Å². The van der Waals surface area contributed by atoms with Crippen molar-refractivity contribution < 1.29 is 4.79 Å². The highest BCUT2D eigenvalue weighted by molar-refractivity contribution is 6.51. The molecule has 0 aromatic carbocycles. The standard InChI is InChI=1S/C7H7N7O/c8-7(15)14-13-1-4-5-6(11-2-9-4)12-3-10-5/h1-4H,(H3,8,14,15). The number of rotatable bonds is 2. The van der Waals surface area contributed by atoms with E-state index in [1.165, 1.54) is 18.9 Å². The molecule has 2 amide bonds. The number of nitrogens with zero attached hydrogens (tertiary/aromatic N) is 5. The van der Waals surface area contributed by atoms with E-state index < -0.39 is 6.03 Å². The molecule has 2 heterocycles. The third-order valence-electron chi connectivity index (χ3n) is 1.68. The van der Waals surface area contributed by atoms with Crippen LogP contribution in [0.1, 0.15) is 0 Å². The molecule has 0 saturated heterocycles. The van der Waals surface area contributed by atoms with E-state index in [0.717, 1.165) is 0 Å². The molecule has 2 aliphatic heterocycles. The van der Waals surface area contributed by atoms with Gasteiger partial charge in [0, 0.05) is 0 Å². The number of fused-ring (bicyclic) bond motifs is 1. The SMILES string of the molecule is NC(=O)NN=CC1N=CN=C2N=CN=C21. The molecule has 0 bridgehead atoms. The van der Waals surface area contributed by atoms with Gasteiger partial charge in [-0.05, 0) is 0 Å². The largest absolute Gasteiger partial charge is 0.350 e. The van der Waals surface area contributed by atoms with Gasteiger partial charge in [-0.3, -0.25) is 4.99 Å². The lowest BCUT2D eigenvalue weighted by atomic mass is 10.2. The number of nitrogens with one attached hydrogen (secondary N) is 1. The molecule has 76 valence electrons. The van der Waals surface area contributed by atoms with Crippen molar-refractivity contribution in [3.63, 3.8) is 0 Å². The summed E-state index contributed by atoms with van der Waals surface area (Å²) in [6, 6.07) is -1.11. The van der Waals surface area contributed by atoms with E-state index in [-0.39, 0.29) is 6.04 Å². The summed E-state index contributed by atoms with van der Waals surface area (Å²) in [7, 11) is 0. The number of amidine groups is 1. The average molecular weight is 205 g/mol. The van der Waals surface area contributed by atoms with E-state index in [4.69, 9.17) is 5.73 Å². The number of aliphatic imine (C=N–C) groups is 4. The average Bonchev–Trinajstić information content (AvgIpc) is 2.65. The van der Waals surface area contributed by atoms with Gasteiger partial charge in [0.25, 0.3) is 0 Å². The van der Waals surface area contributed by atoms with Gasteiger partial charge >= 0.3 is 6.03 Å². The second-order valence-electron chi connectivity index (χ2n) is 2.68. The van der Waals surface area contributed by atoms with Crippen molar-refractivity contribution in [2.24, 2.45) is 30.8 Å². The highest BCUT2D eigenvalue weighted by atomic mass is 16.2. The van der Waals surface area contributed by atoms with Crippen LogP contribution in [-0.4, -0.2) is 42.5 Å². The Kier molecular flexibility index (Phi) is 2.31. The third-order valence-corrected chi connectivity index (χ3v) is 1.68. The van der Waals surface area contributed by atoms with E-state index in [1.807, 2.05) is 0 Å². The fraction of sp³-hybridized carbons (Fsp3) is 0.143. The summed E-state index contributed by atoms with van der Waals surface area (Å²) >= 11 is 0. The molecule has 1 atom stereocenters. The third kappa shape index (κ3) is 1.93. The Balaban J connectivity index is 2.06. The second-order valence-corrected chi connectivity index (χ2v) is 2.68. The maximum Gasteiger partial charge on any atom is 0.332 e. The van der Waals surface area contributed by atoms with Crippen LogP contribution in [0.3, 0.4) is 0 Å². The minimum Gasteiger partial charge on any atom is -0.350 e. The van der Waals surface area contributed by atoms with Gasteiger partial charge in [0.05, 0.1) is 6.21 Å². The Morgan fingerprint density at radius 3 is 3.20 bits per heavy atom. The van der Waals surface area contributed by atoms with Crippen molar-refractivity contribution in [1.82, 2.24) is 5.43 Å². The zero-order valence-corrected chi connectivity index (χ0v) is 7.53. The summed E-state index contributed by atoms with van der Waals surface area (Å²) < 4.78 is 0. The van der Waals surface area contributed by atoms with Crippen molar-refractivity contribution in [1.29, 1.82) is 0 Å². The van der Waals surface area contributed by atoms with Gasteiger partial charge in [-0.2, -0.15) is 5.10 Å². The van der Waals surface area contributed by atoms with Crippen molar-refractivity contribution >= 4 is 36.5 Å². The maximum atomic E-state index is 10.3. The highest BCUT2D eigenvalue weighted by Gasteiger charge is 2.23. The van der Waals surface area contributed by atoms with Crippen molar-refractivity contribution in [2.45, 2.75) is 6.04 Å². The van der Waals surface area contributed by atoms with E-state index in [1.54, 1.807) is 0 Å². The van der Waals surface area contributed by atoms with Crippen LogP contribution in [0.5, 0.6) is 0 Å². The first kappa shape index (κ1) is 9.19. The normalized spacial score (nSPS) is 22.5. The number of primary amides is 1. The molecule has 0 saturated carbocycles. The molecule has 2 rings (SSSR count). The first-order valence-electron chi connectivity index (χ1n) is 4.06. The molecule has 0 aromatic heterocycles. The number of hydrogen-bond donors (Lipinski definition) is 2. The number of carbonyl (C=O) groups excluding carboxylic acids is 1. The number of hydrazone groups is 1. The Hall–Kier alpha value is -2.38. The summed E-state index contributed by atoms with van der Waals surface area (Å²) in [4.78, 5) is 26.2. The molecule has 8 heteroatoms. The monoisotopic (exact) mass is 205 g/mol. The molecule has 0 spiro atoms. The fourth-order valence-electron chi connectivity index (χ4n) is 1.09. The summed E-state index contributed by atoms with van der Waals surface area (Å²) in [5, 5.41) is 3.60. The quantitative estimate of drug-likeness (QED) is 0.433. The molecule has 0 aromatic rings. The smallest absolute Gasteiger partial charge is 0.332 e. The summed E-state index contributed by atoms with van der Waals surface area (Å²) in [5.41, 5.74) is 7.51. The zero-order chi connectivity index (χ0) is 10.7. The van der Waals surface area contributed by atoms with Crippen LogP contribution in [0.2, 0.25) is 0 Å². The van der Waals surface area contributed by atoms with Gasteiger partial charge < -0.3 is 5.73 Å². The number of nitrogens with two attached hydrogens (primary N) is 1. The van der Waals surface area contributed by atoms with Crippen LogP contribution in [0.25, 0.3) is 0 Å². The lowest BCUT2D eigenvalue weighted by Crippen LogP contribution is -2.31. The predicted octanol–water partition coefficient (Wildman–Crippen LogP) is -1.07. The van der Waals surface area contributed by atoms with Gasteiger partial charge in [0.1, 0.15) is 24.4 Å². The molecule has 15 heavy (non-hydrogen) atoms. The maximum absolute atomic E-state index is 10.3. The topological polar surface area (TPSA) is 117 Å². The van der Waals surface area contributed by atoms with Gasteiger partial charge in [0.15, 0.2) is 5.84 Å². The summed E-state index contributed by atoms with van der Waals surface area (Å²) in [5.74, 6) is 0.514. The van der Waals surface area contributed by atoms with Crippen molar-refractivity contribution in [2.75, 3.05) is 0 Å². The van der Waals surface area contributed by atoms with Crippen molar-refractivity contribution in [3.8, 4) is 0 Å². The minimum atomic E-state index is -0.732. The van der Waals surface area contributed by atoms with Crippen LogP contribution < -0.4 is 11.2 Å². The Labute approximate surface area is 84.4 Å². The number of amides is 2. The Bertz CT molecular complexity index is 431. The molecule has 8 nitrogen and oxygen atoms in total. The fourth-order valence-corrected chi connectivity index (χ4v) is 1.09. The highest BCUT2D eigenvalue weighted by Crippen LogP contribution is 2.05. The molecule has 0 aliphatic carbocycles. The molecule has 2 aliphatic rings. The van der Waals surface area contributed by atoms with E-state index >= 15 is 0 Å². The lowest BCUT2D eigenvalue weighted by molar-refractivity contribution is 0.249. The first-order chi connectivity index (χ1) is 7.27. The molecular weight excluding hydrogens is 198 g/mol. The molecule has 0 radical (unpaired) electrons. The first-order valence-corrected chi connectivity index (χ1v) is 4.06. The van der Waals surface area contributed by atoms with Crippen LogP contribution in [0, 0.1) is 0 Å². The summed E-state index contributed by atoms with van der Waals surface area (Å²) in [6.45, 7) is 0. The molecular formula is C7H7N7O. The van der Waals surface area contributed by atoms with Gasteiger partial charge in [-0.1, -0.05) is 0 Å². The van der Waals surface area contributed by atoms with Gasteiger partial charge in [-0.15, -0.1) is 0 Å². The second kappa shape index (κ2) is 3.78. The lowest BCUT2D eigenvalue weighted by Gasteiger charge is -2.09. The zero-order valence-electron chi connectivity index (χ0n) is 7.53. The number of hydrogen-bond acceptors (Lipinski definition) is 6. The van der Waals surface area contributed by atoms with Gasteiger partial charge in [-0.25, -0.2) is 25.2 Å². The molecule has 3 N–H and O–H groups in total. The van der Waals surface area contributed by atoms with Crippen LogP contribution in [0.4, 0.5) is 4.79 Å². The number of carbonyl (C=O) groups is 1. The van der Waals surface area contributed by atoms with E-state index in [2.05, 4.69) is 30.5 Å². The molecule has 0 fully saturated rings. The molecule has 1 unspecified atom stereocenters. The van der Waals surface area contributed by atoms with Gasteiger partial charge in [0.2, 0.25) is 0 Å². The number of urea groups is 1. The van der Waals surface area contributed by atoms with Crippen LogP contribution >= 0.6 is 0 Å². The Morgan fingerprint density at radius 2 is 2.40 bits per heavy atom.